The zero-order valence-electron chi connectivity index (χ0n) is 15.9. The molecule has 0 radical (unpaired) electrons. The van der Waals surface area contributed by atoms with Crippen molar-refractivity contribution in [2.24, 2.45) is 11.8 Å². The Morgan fingerprint density at radius 3 is 2.76 bits per heavy atom. The minimum Gasteiger partial charge on any atom is -0.321 e. The summed E-state index contributed by atoms with van der Waals surface area (Å²) in [6.07, 6.45) is 0.985. The molecule has 4 N–H and O–H groups in total. The first-order valence-electron chi connectivity index (χ1n) is 9.71. The lowest BCUT2D eigenvalue weighted by molar-refractivity contribution is -0.129. The number of fused-ring (bicyclic) bond motifs is 1. The summed E-state index contributed by atoms with van der Waals surface area (Å²) >= 11 is 6.01. The maximum Gasteiger partial charge on any atom is 0.230 e. The monoisotopic (exact) mass is 415 g/mol. The SMILES string of the molecule is Cc1cc(NC(=O)C2CC2)n(C2NC(=O)C3CNN(c4ccc(Cl)cc4)C3N2)n1. The summed E-state index contributed by atoms with van der Waals surface area (Å²) in [5, 5.41) is 16.4. The molecule has 0 spiro atoms. The third-order valence-corrected chi connectivity index (χ3v) is 5.74. The van der Waals surface area contributed by atoms with Crippen LogP contribution in [0.1, 0.15) is 24.8 Å². The molecular formula is C19H22ClN7O2. The van der Waals surface area contributed by atoms with Gasteiger partial charge in [0.2, 0.25) is 11.8 Å². The average molecular weight is 416 g/mol. The van der Waals surface area contributed by atoms with Gasteiger partial charge in [0.15, 0.2) is 6.29 Å². The van der Waals surface area contributed by atoms with Crippen LogP contribution >= 0.6 is 11.6 Å². The Labute approximate surface area is 172 Å². The van der Waals surface area contributed by atoms with Crippen molar-refractivity contribution in [3.63, 3.8) is 0 Å². The molecule has 2 aromatic rings. The normalized spacial score (nSPS) is 26.2. The first kappa shape index (κ1) is 18.4. The Morgan fingerprint density at radius 1 is 1.28 bits per heavy atom. The number of aryl methyl sites for hydroxylation is 1. The van der Waals surface area contributed by atoms with Gasteiger partial charge in [-0.2, -0.15) is 5.10 Å². The lowest BCUT2D eigenvalue weighted by atomic mass is 10.0. The van der Waals surface area contributed by atoms with Gasteiger partial charge in [0.05, 0.1) is 17.3 Å². The van der Waals surface area contributed by atoms with Crippen LogP contribution in [-0.4, -0.2) is 34.3 Å². The second-order valence-electron chi connectivity index (χ2n) is 7.72. The van der Waals surface area contributed by atoms with Gasteiger partial charge in [0.25, 0.3) is 0 Å². The number of amides is 2. The molecule has 3 fully saturated rings. The van der Waals surface area contributed by atoms with Gasteiger partial charge < -0.3 is 10.6 Å². The highest BCUT2D eigenvalue weighted by molar-refractivity contribution is 6.30. The highest BCUT2D eigenvalue weighted by atomic mass is 35.5. The van der Waals surface area contributed by atoms with Gasteiger partial charge >= 0.3 is 0 Å². The van der Waals surface area contributed by atoms with E-state index >= 15 is 0 Å². The zero-order valence-corrected chi connectivity index (χ0v) is 16.6. The maximum atomic E-state index is 12.8. The van der Waals surface area contributed by atoms with E-state index in [2.05, 4.69) is 26.5 Å². The molecule has 1 saturated carbocycles. The van der Waals surface area contributed by atoms with Crippen molar-refractivity contribution in [3.8, 4) is 0 Å². The molecule has 1 aliphatic carbocycles. The molecule has 1 aromatic heterocycles. The van der Waals surface area contributed by atoms with E-state index in [4.69, 9.17) is 11.6 Å². The molecule has 3 aliphatic rings. The Balaban J connectivity index is 1.40. The molecule has 2 amide bonds. The van der Waals surface area contributed by atoms with Crippen molar-refractivity contribution in [3.05, 3.63) is 41.0 Å². The molecule has 3 unspecified atom stereocenters. The number of nitrogens with zero attached hydrogens (tertiary/aromatic N) is 3. The lowest BCUT2D eigenvalue weighted by Gasteiger charge is -2.37. The van der Waals surface area contributed by atoms with Crippen LogP contribution in [-0.2, 0) is 9.59 Å². The van der Waals surface area contributed by atoms with Crippen LogP contribution in [0.2, 0.25) is 5.02 Å². The molecular weight excluding hydrogens is 394 g/mol. The lowest BCUT2D eigenvalue weighted by Crippen LogP contribution is -2.61. The maximum absolute atomic E-state index is 12.8. The molecule has 9 nitrogen and oxygen atoms in total. The first-order valence-corrected chi connectivity index (χ1v) is 10.1. The van der Waals surface area contributed by atoms with Gasteiger partial charge in [-0.05, 0) is 44.0 Å². The minimum absolute atomic E-state index is 0.00325. The molecule has 0 bridgehead atoms. The van der Waals surface area contributed by atoms with Gasteiger partial charge in [0.1, 0.15) is 12.0 Å². The molecule has 2 aliphatic heterocycles. The number of hydrazine groups is 1. The van der Waals surface area contributed by atoms with Gasteiger partial charge in [0, 0.05) is 23.6 Å². The van der Waals surface area contributed by atoms with E-state index in [1.807, 2.05) is 42.3 Å². The van der Waals surface area contributed by atoms with Crippen molar-refractivity contribution in [2.75, 3.05) is 16.9 Å². The molecule has 1 aromatic carbocycles. The highest BCUT2D eigenvalue weighted by Crippen LogP contribution is 2.31. The summed E-state index contributed by atoms with van der Waals surface area (Å²) in [5.41, 5.74) is 4.94. The van der Waals surface area contributed by atoms with Crippen LogP contribution in [0, 0.1) is 18.8 Å². The smallest absolute Gasteiger partial charge is 0.230 e. The third-order valence-electron chi connectivity index (χ3n) is 5.49. The molecule has 3 atom stereocenters. The van der Waals surface area contributed by atoms with E-state index in [1.165, 1.54) is 0 Å². The summed E-state index contributed by atoms with van der Waals surface area (Å²) in [4.78, 5) is 25.0. The first-order chi connectivity index (χ1) is 14.0. The van der Waals surface area contributed by atoms with Crippen LogP contribution in [0.15, 0.2) is 30.3 Å². The highest BCUT2D eigenvalue weighted by Gasteiger charge is 2.45. The standard InChI is InChI=1S/C19H22ClN7O2/c1-10-8-15(22-17(28)11-2-3-11)27(25-10)19-23-16-14(18(29)24-19)9-21-26(16)13-6-4-12(20)5-7-13/h4-8,11,14,16,19,21,23H,2-3,9H2,1H3,(H,22,28)(H,24,29). The Kier molecular flexibility index (Phi) is 4.45. The van der Waals surface area contributed by atoms with Gasteiger partial charge in [-0.3, -0.25) is 19.9 Å². The minimum atomic E-state index is -0.582. The second-order valence-corrected chi connectivity index (χ2v) is 8.15. The predicted molar refractivity (Wildman–Crippen MR) is 108 cm³/mol. The van der Waals surface area contributed by atoms with Gasteiger partial charge in [-0.1, -0.05) is 11.6 Å². The van der Waals surface area contributed by atoms with Crippen molar-refractivity contribution in [1.29, 1.82) is 0 Å². The Bertz CT molecular complexity index is 956. The predicted octanol–water partition coefficient (Wildman–Crippen LogP) is 1.34. The fourth-order valence-electron chi connectivity index (χ4n) is 3.82. The topological polar surface area (TPSA) is 103 Å². The summed E-state index contributed by atoms with van der Waals surface area (Å²) in [7, 11) is 0. The van der Waals surface area contributed by atoms with E-state index < -0.39 is 6.29 Å². The fraction of sp³-hybridized carbons (Fsp3) is 0.421. The van der Waals surface area contributed by atoms with E-state index in [0.717, 1.165) is 24.2 Å². The number of hydrogen-bond donors (Lipinski definition) is 4. The summed E-state index contributed by atoms with van der Waals surface area (Å²) in [6.45, 7) is 2.37. The summed E-state index contributed by atoms with van der Waals surface area (Å²) in [6, 6.07) is 9.24. The van der Waals surface area contributed by atoms with Gasteiger partial charge in [-0.25, -0.2) is 10.1 Å². The molecule has 29 heavy (non-hydrogen) atoms. The third kappa shape index (κ3) is 3.45. The number of aromatic nitrogens is 2. The zero-order chi connectivity index (χ0) is 20.1. The average Bonchev–Trinajstić information content (AvgIpc) is 3.36. The van der Waals surface area contributed by atoms with Crippen LogP contribution in [0.5, 0.6) is 0 Å². The number of benzene rings is 1. The molecule has 3 heterocycles. The van der Waals surface area contributed by atoms with Gasteiger partial charge in [-0.15, -0.1) is 0 Å². The van der Waals surface area contributed by atoms with E-state index in [9.17, 15) is 9.59 Å². The number of rotatable bonds is 4. The number of carbonyl (C=O) groups excluding carboxylic acids is 2. The van der Waals surface area contributed by atoms with Crippen molar-refractivity contribution in [2.45, 2.75) is 32.2 Å². The van der Waals surface area contributed by atoms with Crippen molar-refractivity contribution in [1.82, 2.24) is 25.8 Å². The number of anilines is 2. The van der Waals surface area contributed by atoms with Crippen molar-refractivity contribution >= 4 is 34.9 Å². The Morgan fingerprint density at radius 2 is 2.03 bits per heavy atom. The van der Waals surface area contributed by atoms with Crippen LogP contribution in [0.3, 0.4) is 0 Å². The number of nitrogens with one attached hydrogen (secondary N) is 4. The fourth-order valence-corrected chi connectivity index (χ4v) is 3.95. The quantitative estimate of drug-likeness (QED) is 0.601. The number of hydrogen-bond acceptors (Lipinski definition) is 6. The molecule has 5 rings (SSSR count). The number of halogens is 1. The Hall–Kier alpha value is -2.62. The molecule has 10 heteroatoms. The molecule has 152 valence electrons. The van der Waals surface area contributed by atoms with E-state index in [-0.39, 0.29) is 29.8 Å². The van der Waals surface area contributed by atoms with Crippen LogP contribution in [0.4, 0.5) is 11.5 Å². The van der Waals surface area contributed by atoms with Crippen molar-refractivity contribution < 1.29 is 9.59 Å². The summed E-state index contributed by atoms with van der Waals surface area (Å²) < 4.78 is 1.63. The molecule has 2 saturated heterocycles. The number of carbonyl (C=O) groups is 2. The largest absolute Gasteiger partial charge is 0.321 e. The van der Waals surface area contributed by atoms with E-state index in [1.54, 1.807) is 4.68 Å². The van der Waals surface area contributed by atoms with Crippen LogP contribution in [0.25, 0.3) is 0 Å². The summed E-state index contributed by atoms with van der Waals surface area (Å²) in [5.74, 6) is 0.311. The second kappa shape index (κ2) is 7.01. The van der Waals surface area contributed by atoms with E-state index in [0.29, 0.717) is 17.4 Å². The van der Waals surface area contributed by atoms with Crippen LogP contribution < -0.4 is 26.4 Å².